The van der Waals surface area contributed by atoms with Crippen LogP contribution in [-0.2, 0) is 4.79 Å². The van der Waals surface area contributed by atoms with Gasteiger partial charge < -0.3 is 15.1 Å². The third-order valence-electron chi connectivity index (χ3n) is 4.01. The summed E-state index contributed by atoms with van der Waals surface area (Å²) in [5, 5.41) is 19.4. The molecule has 1 aliphatic carbocycles. The minimum Gasteiger partial charge on any atom is -0.481 e. The summed E-state index contributed by atoms with van der Waals surface area (Å²) < 4.78 is 0. The molecule has 0 bridgehead atoms. The smallest absolute Gasteiger partial charge is 0.305 e. The van der Waals surface area contributed by atoms with Gasteiger partial charge in [-0.2, -0.15) is 0 Å². The molecule has 1 fully saturated rings. The van der Waals surface area contributed by atoms with Gasteiger partial charge in [-0.05, 0) is 31.9 Å². The van der Waals surface area contributed by atoms with Crippen LogP contribution in [0, 0.1) is 6.92 Å². The number of aliphatic carboxylic acids is 1. The molecule has 2 rings (SSSR count). The molecular weight excluding hydrogens is 254 g/mol. The second-order valence-corrected chi connectivity index (χ2v) is 5.83. The Labute approximate surface area is 120 Å². The zero-order valence-electron chi connectivity index (χ0n) is 12.0. The van der Waals surface area contributed by atoms with E-state index in [-0.39, 0.29) is 6.42 Å². The van der Waals surface area contributed by atoms with E-state index < -0.39 is 11.6 Å². The zero-order valence-corrected chi connectivity index (χ0v) is 12.0. The Bertz CT molecular complexity index is 449. The number of carbonyl (C=O) groups is 1. The van der Waals surface area contributed by atoms with Crippen molar-refractivity contribution < 1.29 is 15.0 Å². The van der Waals surface area contributed by atoms with Crippen LogP contribution in [0.2, 0.25) is 0 Å². The number of benzene rings is 1. The highest BCUT2D eigenvalue weighted by molar-refractivity contribution is 5.67. The summed E-state index contributed by atoms with van der Waals surface area (Å²) in [6.07, 6.45) is 3.81. The molecule has 0 heterocycles. The van der Waals surface area contributed by atoms with Crippen LogP contribution >= 0.6 is 0 Å². The summed E-state index contributed by atoms with van der Waals surface area (Å²) in [6.45, 7) is 2.97. The molecule has 1 aromatic rings. The molecule has 4 nitrogen and oxygen atoms in total. The highest BCUT2D eigenvalue weighted by atomic mass is 16.4. The number of aryl methyl sites for hydroxylation is 1. The van der Waals surface area contributed by atoms with Crippen LogP contribution in [0.15, 0.2) is 24.3 Å². The van der Waals surface area contributed by atoms with E-state index in [1.807, 2.05) is 36.1 Å². The van der Waals surface area contributed by atoms with Crippen molar-refractivity contribution in [2.24, 2.45) is 0 Å². The summed E-state index contributed by atoms with van der Waals surface area (Å²) in [5.41, 5.74) is 1.49. The van der Waals surface area contributed by atoms with Gasteiger partial charge in [0.25, 0.3) is 0 Å². The number of rotatable bonds is 6. The first-order valence-corrected chi connectivity index (χ1v) is 7.24. The van der Waals surface area contributed by atoms with Crippen LogP contribution in [-0.4, -0.2) is 34.9 Å². The molecule has 110 valence electrons. The van der Waals surface area contributed by atoms with E-state index in [9.17, 15) is 9.90 Å². The molecule has 0 radical (unpaired) electrons. The van der Waals surface area contributed by atoms with Crippen LogP contribution in [0.4, 0.5) is 5.69 Å². The predicted molar refractivity (Wildman–Crippen MR) is 79.1 cm³/mol. The molecule has 0 amide bonds. The molecule has 0 atom stereocenters. The summed E-state index contributed by atoms with van der Waals surface area (Å²) in [6, 6.07) is 8.02. The molecule has 1 saturated carbocycles. The van der Waals surface area contributed by atoms with E-state index in [1.54, 1.807) is 0 Å². The van der Waals surface area contributed by atoms with Crippen molar-refractivity contribution in [2.75, 3.05) is 18.0 Å². The quantitative estimate of drug-likeness (QED) is 0.839. The van der Waals surface area contributed by atoms with Gasteiger partial charge in [0.15, 0.2) is 0 Å². The van der Waals surface area contributed by atoms with E-state index in [4.69, 9.17) is 5.11 Å². The summed E-state index contributed by atoms with van der Waals surface area (Å²) in [7, 11) is 0. The standard InChI is InChI=1S/C16H23NO3/c1-13-4-6-14(7-5-13)17(11-8-15(18)19)12-16(20)9-2-3-10-16/h4-7,20H,2-3,8-12H2,1H3,(H,18,19). The van der Waals surface area contributed by atoms with Gasteiger partial charge in [-0.15, -0.1) is 0 Å². The van der Waals surface area contributed by atoms with Gasteiger partial charge in [0.1, 0.15) is 0 Å². The van der Waals surface area contributed by atoms with E-state index in [1.165, 1.54) is 5.56 Å². The van der Waals surface area contributed by atoms with Crippen molar-refractivity contribution in [2.45, 2.75) is 44.6 Å². The molecule has 0 aliphatic heterocycles. The lowest BCUT2D eigenvalue weighted by Crippen LogP contribution is -2.42. The fraction of sp³-hybridized carbons (Fsp3) is 0.562. The van der Waals surface area contributed by atoms with Gasteiger partial charge in [0.05, 0.1) is 12.0 Å². The minimum absolute atomic E-state index is 0.0873. The molecule has 0 unspecified atom stereocenters. The number of hydrogen-bond acceptors (Lipinski definition) is 3. The Morgan fingerprint density at radius 3 is 2.40 bits per heavy atom. The van der Waals surface area contributed by atoms with Gasteiger partial charge in [0.2, 0.25) is 0 Å². The van der Waals surface area contributed by atoms with E-state index in [0.717, 1.165) is 31.4 Å². The van der Waals surface area contributed by atoms with Crippen LogP contribution in [0.5, 0.6) is 0 Å². The first-order valence-electron chi connectivity index (χ1n) is 7.24. The lowest BCUT2D eigenvalue weighted by Gasteiger charge is -2.32. The molecule has 0 aromatic heterocycles. The van der Waals surface area contributed by atoms with Gasteiger partial charge in [0, 0.05) is 18.8 Å². The average molecular weight is 277 g/mol. The number of anilines is 1. The SMILES string of the molecule is Cc1ccc(N(CCC(=O)O)CC2(O)CCCC2)cc1. The highest BCUT2D eigenvalue weighted by Gasteiger charge is 2.33. The largest absolute Gasteiger partial charge is 0.481 e. The van der Waals surface area contributed by atoms with Crippen molar-refractivity contribution >= 4 is 11.7 Å². The third-order valence-corrected chi connectivity index (χ3v) is 4.01. The Balaban J connectivity index is 2.11. The third kappa shape index (κ3) is 3.97. The van der Waals surface area contributed by atoms with Crippen molar-refractivity contribution in [3.63, 3.8) is 0 Å². The molecule has 2 N–H and O–H groups in total. The lowest BCUT2D eigenvalue weighted by molar-refractivity contribution is -0.136. The van der Waals surface area contributed by atoms with Gasteiger partial charge in [-0.1, -0.05) is 30.5 Å². The molecule has 4 heteroatoms. The molecule has 1 aliphatic rings. The minimum atomic E-state index is -0.805. The zero-order chi connectivity index (χ0) is 14.6. The fourth-order valence-corrected chi connectivity index (χ4v) is 2.83. The van der Waals surface area contributed by atoms with Crippen molar-refractivity contribution in [3.8, 4) is 0 Å². The first kappa shape index (κ1) is 14.9. The lowest BCUT2D eigenvalue weighted by atomic mass is 10.0. The Hall–Kier alpha value is -1.55. The predicted octanol–water partition coefficient (Wildman–Crippen LogP) is 2.58. The summed E-state index contributed by atoms with van der Waals surface area (Å²) >= 11 is 0. The summed E-state index contributed by atoms with van der Waals surface area (Å²) in [5.74, 6) is -0.805. The van der Waals surface area contributed by atoms with E-state index >= 15 is 0 Å². The van der Waals surface area contributed by atoms with Crippen LogP contribution < -0.4 is 4.90 Å². The molecule has 1 aromatic carbocycles. The highest BCUT2D eigenvalue weighted by Crippen LogP contribution is 2.31. The normalized spacial score (nSPS) is 17.1. The van der Waals surface area contributed by atoms with Gasteiger partial charge in [-0.25, -0.2) is 0 Å². The maximum Gasteiger partial charge on any atom is 0.305 e. The van der Waals surface area contributed by atoms with Gasteiger partial charge in [-0.3, -0.25) is 4.79 Å². The fourth-order valence-electron chi connectivity index (χ4n) is 2.83. The topological polar surface area (TPSA) is 60.8 Å². The number of nitrogens with zero attached hydrogens (tertiary/aromatic N) is 1. The van der Waals surface area contributed by atoms with Gasteiger partial charge >= 0.3 is 5.97 Å². The van der Waals surface area contributed by atoms with Crippen LogP contribution in [0.3, 0.4) is 0 Å². The summed E-state index contributed by atoms with van der Waals surface area (Å²) in [4.78, 5) is 12.8. The van der Waals surface area contributed by atoms with Crippen molar-refractivity contribution in [1.82, 2.24) is 0 Å². The number of carboxylic acid groups (broad SMARTS) is 1. The Morgan fingerprint density at radius 2 is 1.85 bits per heavy atom. The monoisotopic (exact) mass is 277 g/mol. The van der Waals surface area contributed by atoms with E-state index in [2.05, 4.69) is 0 Å². The second kappa shape index (κ2) is 6.27. The second-order valence-electron chi connectivity index (χ2n) is 5.83. The van der Waals surface area contributed by atoms with Crippen molar-refractivity contribution in [3.05, 3.63) is 29.8 Å². The number of aliphatic hydroxyl groups is 1. The number of hydrogen-bond donors (Lipinski definition) is 2. The molecule has 0 saturated heterocycles. The molecule has 20 heavy (non-hydrogen) atoms. The average Bonchev–Trinajstić information content (AvgIpc) is 2.82. The van der Waals surface area contributed by atoms with Crippen LogP contribution in [0.1, 0.15) is 37.7 Å². The van der Waals surface area contributed by atoms with E-state index in [0.29, 0.717) is 13.1 Å². The molecule has 0 spiro atoms. The Morgan fingerprint density at radius 1 is 1.25 bits per heavy atom. The first-order chi connectivity index (χ1) is 9.48. The van der Waals surface area contributed by atoms with Crippen molar-refractivity contribution in [1.29, 1.82) is 0 Å². The maximum absolute atomic E-state index is 10.8. The Kier molecular flexibility index (Phi) is 4.65. The number of carboxylic acids is 1. The molecular formula is C16H23NO3. The maximum atomic E-state index is 10.8. The van der Waals surface area contributed by atoms with Crippen LogP contribution in [0.25, 0.3) is 0 Å².